The third-order valence-electron chi connectivity index (χ3n) is 4.66. The van der Waals surface area contributed by atoms with Crippen LogP contribution in [0.4, 0.5) is 5.69 Å². The Kier molecular flexibility index (Phi) is 6.09. The zero-order chi connectivity index (χ0) is 17.8. The van der Waals surface area contributed by atoms with E-state index in [0.717, 1.165) is 57.1 Å². The minimum Gasteiger partial charge on any atom is -0.366 e. The fourth-order valence-electron chi connectivity index (χ4n) is 3.18. The molecule has 0 aliphatic carbocycles. The minimum atomic E-state index is 0.178. The summed E-state index contributed by atoms with van der Waals surface area (Å²) in [7, 11) is 0. The molecule has 1 fully saturated rings. The zero-order valence-electron chi connectivity index (χ0n) is 14.6. The number of tetrazole rings is 1. The van der Waals surface area contributed by atoms with Gasteiger partial charge in [-0.15, -0.1) is 5.10 Å². The van der Waals surface area contributed by atoms with Gasteiger partial charge in [-0.3, -0.25) is 9.88 Å². The molecule has 0 spiro atoms. The van der Waals surface area contributed by atoms with Crippen molar-refractivity contribution in [1.29, 1.82) is 0 Å². The molecule has 2 aromatic heterocycles. The van der Waals surface area contributed by atoms with Crippen LogP contribution in [0.3, 0.4) is 0 Å². The first-order chi connectivity index (χ1) is 12.1. The highest BCUT2D eigenvalue weighted by Gasteiger charge is 2.27. The van der Waals surface area contributed by atoms with E-state index in [1.54, 1.807) is 12.4 Å². The van der Waals surface area contributed by atoms with Crippen LogP contribution < -0.4 is 4.90 Å². The Balaban J connectivity index is 1.65. The van der Waals surface area contributed by atoms with Crippen molar-refractivity contribution < 1.29 is 0 Å². The molecule has 1 saturated heterocycles. The highest BCUT2D eigenvalue weighted by atomic mass is 35.5. The molecule has 0 saturated carbocycles. The van der Waals surface area contributed by atoms with Gasteiger partial charge in [-0.2, -0.15) is 0 Å². The fourth-order valence-corrected chi connectivity index (χ4v) is 3.78. The second-order valence-corrected chi connectivity index (χ2v) is 7.08. The molecule has 1 aliphatic rings. The molecule has 0 aromatic carbocycles. The predicted molar refractivity (Wildman–Crippen MR) is 99.2 cm³/mol. The first kappa shape index (κ1) is 18.4. The quantitative estimate of drug-likeness (QED) is 0.763. The third kappa shape index (κ3) is 4.04. The molecule has 1 atom stereocenters. The number of piperazine rings is 1. The van der Waals surface area contributed by atoms with E-state index in [1.165, 1.54) is 0 Å². The lowest BCUT2D eigenvalue weighted by atomic mass is 10.2. The number of halogens is 2. The summed E-state index contributed by atoms with van der Waals surface area (Å²) in [6.07, 6.45) is 5.48. The summed E-state index contributed by atoms with van der Waals surface area (Å²) in [4.78, 5) is 8.64. The maximum atomic E-state index is 6.28. The molecular weight excluding hydrogens is 361 g/mol. The normalized spacial score (nSPS) is 17.0. The Morgan fingerprint density at radius 3 is 2.44 bits per heavy atom. The topological polar surface area (TPSA) is 63.0 Å². The number of hydrogen-bond donors (Lipinski definition) is 0. The van der Waals surface area contributed by atoms with Gasteiger partial charge in [0.25, 0.3) is 0 Å². The second-order valence-electron chi connectivity index (χ2n) is 6.26. The van der Waals surface area contributed by atoms with Crippen molar-refractivity contribution in [3.05, 3.63) is 28.3 Å². The molecule has 0 bridgehead atoms. The van der Waals surface area contributed by atoms with Crippen molar-refractivity contribution >= 4 is 28.9 Å². The van der Waals surface area contributed by atoms with Crippen LogP contribution in [0.25, 0.3) is 0 Å². The summed E-state index contributed by atoms with van der Waals surface area (Å²) in [5.74, 6) is 0.932. The average Bonchev–Trinajstić information content (AvgIpc) is 3.08. The van der Waals surface area contributed by atoms with Crippen molar-refractivity contribution in [2.45, 2.75) is 39.3 Å². The number of unbranched alkanes of at least 4 members (excludes halogenated alkanes) is 1. The number of hydrogen-bond acceptors (Lipinski definition) is 6. The van der Waals surface area contributed by atoms with Gasteiger partial charge < -0.3 is 4.90 Å². The first-order valence-electron chi connectivity index (χ1n) is 8.66. The van der Waals surface area contributed by atoms with Gasteiger partial charge in [0.1, 0.15) is 0 Å². The summed E-state index contributed by atoms with van der Waals surface area (Å²) in [5.41, 5.74) is 0.874. The van der Waals surface area contributed by atoms with Crippen molar-refractivity contribution in [2.75, 3.05) is 31.1 Å². The van der Waals surface area contributed by atoms with E-state index in [1.807, 2.05) is 4.68 Å². The predicted octanol–water partition coefficient (Wildman–Crippen LogP) is 3.06. The van der Waals surface area contributed by atoms with E-state index in [0.29, 0.717) is 10.0 Å². The number of anilines is 1. The zero-order valence-corrected chi connectivity index (χ0v) is 16.1. The Hall–Kier alpha value is -1.44. The summed E-state index contributed by atoms with van der Waals surface area (Å²) >= 11 is 12.6. The van der Waals surface area contributed by atoms with Gasteiger partial charge in [0.15, 0.2) is 5.82 Å². The van der Waals surface area contributed by atoms with Crippen LogP contribution in [-0.2, 0) is 6.54 Å². The number of rotatable bonds is 6. The number of nitrogens with zero attached hydrogens (tertiary/aromatic N) is 7. The molecule has 136 valence electrons. The molecule has 25 heavy (non-hydrogen) atoms. The van der Waals surface area contributed by atoms with Gasteiger partial charge in [-0.1, -0.05) is 36.5 Å². The Labute approximate surface area is 157 Å². The average molecular weight is 384 g/mol. The number of aryl methyl sites for hydroxylation is 1. The van der Waals surface area contributed by atoms with Crippen molar-refractivity contribution in [3.8, 4) is 0 Å². The molecule has 1 aliphatic heterocycles. The standard InChI is InChI=1S/C16H23Cl2N7/c1-3-4-5-25-16(20-21-22-25)12(2)23-6-8-24(9-7-23)15-13(17)10-19-11-14(15)18/h10-12H,3-9H2,1-2H3. The van der Waals surface area contributed by atoms with Crippen molar-refractivity contribution in [3.63, 3.8) is 0 Å². The molecule has 2 aromatic rings. The van der Waals surface area contributed by atoms with Crippen LogP contribution in [-0.4, -0.2) is 56.3 Å². The van der Waals surface area contributed by atoms with Crippen LogP contribution in [0.2, 0.25) is 10.0 Å². The largest absolute Gasteiger partial charge is 0.366 e. The van der Waals surface area contributed by atoms with Gasteiger partial charge in [0.05, 0.1) is 21.8 Å². The Morgan fingerprint density at radius 1 is 1.12 bits per heavy atom. The van der Waals surface area contributed by atoms with Crippen LogP contribution in [0, 0.1) is 0 Å². The summed E-state index contributed by atoms with van der Waals surface area (Å²) in [6, 6.07) is 0.178. The van der Waals surface area contributed by atoms with E-state index >= 15 is 0 Å². The van der Waals surface area contributed by atoms with Crippen molar-refractivity contribution in [1.82, 2.24) is 30.1 Å². The van der Waals surface area contributed by atoms with E-state index in [-0.39, 0.29) is 6.04 Å². The van der Waals surface area contributed by atoms with Gasteiger partial charge in [-0.25, -0.2) is 4.68 Å². The Bertz CT molecular complexity index is 677. The summed E-state index contributed by atoms with van der Waals surface area (Å²) in [5, 5.41) is 13.4. The third-order valence-corrected chi connectivity index (χ3v) is 5.22. The molecular formula is C16H23Cl2N7. The van der Waals surface area contributed by atoms with E-state index < -0.39 is 0 Å². The SMILES string of the molecule is CCCCn1nnnc1C(C)N1CCN(c2c(Cl)cncc2Cl)CC1. The first-order valence-corrected chi connectivity index (χ1v) is 9.41. The van der Waals surface area contributed by atoms with Crippen molar-refractivity contribution in [2.24, 2.45) is 0 Å². The summed E-state index contributed by atoms with van der Waals surface area (Å²) in [6.45, 7) is 8.70. The molecule has 7 nitrogen and oxygen atoms in total. The van der Waals surface area contributed by atoms with Crippen LogP contribution in [0.15, 0.2) is 12.4 Å². The lowest BCUT2D eigenvalue weighted by Gasteiger charge is -2.39. The van der Waals surface area contributed by atoms with Crippen LogP contribution >= 0.6 is 23.2 Å². The van der Waals surface area contributed by atoms with E-state index in [2.05, 4.69) is 44.2 Å². The molecule has 9 heteroatoms. The molecule has 0 radical (unpaired) electrons. The van der Waals surface area contributed by atoms with E-state index in [4.69, 9.17) is 23.2 Å². The molecule has 3 rings (SSSR count). The number of pyridine rings is 1. The fraction of sp³-hybridized carbons (Fsp3) is 0.625. The lowest BCUT2D eigenvalue weighted by molar-refractivity contribution is 0.186. The van der Waals surface area contributed by atoms with Gasteiger partial charge >= 0.3 is 0 Å². The second kappa shape index (κ2) is 8.29. The minimum absolute atomic E-state index is 0.178. The lowest BCUT2D eigenvalue weighted by Crippen LogP contribution is -2.47. The maximum absolute atomic E-state index is 6.28. The van der Waals surface area contributed by atoms with E-state index in [9.17, 15) is 0 Å². The number of aromatic nitrogens is 5. The molecule has 3 heterocycles. The monoisotopic (exact) mass is 383 g/mol. The van der Waals surface area contributed by atoms with Crippen LogP contribution in [0.1, 0.15) is 38.6 Å². The van der Waals surface area contributed by atoms with Gasteiger partial charge in [0.2, 0.25) is 0 Å². The Morgan fingerprint density at radius 2 is 1.80 bits per heavy atom. The highest BCUT2D eigenvalue weighted by Crippen LogP contribution is 2.33. The van der Waals surface area contributed by atoms with Gasteiger partial charge in [-0.05, 0) is 23.8 Å². The smallest absolute Gasteiger partial charge is 0.168 e. The summed E-state index contributed by atoms with van der Waals surface area (Å²) < 4.78 is 1.93. The molecule has 0 N–H and O–H groups in total. The maximum Gasteiger partial charge on any atom is 0.168 e. The molecule has 1 unspecified atom stereocenters. The van der Waals surface area contributed by atoms with Gasteiger partial charge in [0, 0.05) is 45.1 Å². The molecule has 0 amide bonds. The van der Waals surface area contributed by atoms with Crippen LogP contribution in [0.5, 0.6) is 0 Å². The highest BCUT2D eigenvalue weighted by molar-refractivity contribution is 6.38.